The highest BCUT2D eigenvalue weighted by Crippen LogP contribution is 2.22. The van der Waals surface area contributed by atoms with Gasteiger partial charge >= 0.3 is 5.97 Å². The summed E-state index contributed by atoms with van der Waals surface area (Å²) in [7, 11) is 0. The number of rotatable bonds is 11. The lowest BCUT2D eigenvalue weighted by Crippen LogP contribution is -2.13. The first kappa shape index (κ1) is 23.7. The Morgan fingerprint density at radius 2 is 1.94 bits per heavy atom. The van der Waals surface area contributed by atoms with E-state index in [0.717, 1.165) is 46.8 Å². The second-order valence-corrected chi connectivity index (χ2v) is 9.27. The predicted molar refractivity (Wildman–Crippen MR) is 129 cm³/mol. The van der Waals surface area contributed by atoms with Crippen molar-refractivity contribution in [3.63, 3.8) is 0 Å². The average Bonchev–Trinajstić information content (AvgIpc) is 3.42. The number of hydrogen-bond acceptors (Lipinski definition) is 4. The van der Waals surface area contributed by atoms with E-state index in [0.29, 0.717) is 13.0 Å². The third kappa shape index (κ3) is 6.04. The van der Waals surface area contributed by atoms with Crippen molar-refractivity contribution in [3.8, 4) is 0 Å². The molecule has 0 unspecified atom stereocenters. The lowest BCUT2D eigenvalue weighted by Gasteiger charge is -2.13. The fourth-order valence-electron chi connectivity index (χ4n) is 3.56. The zero-order valence-electron chi connectivity index (χ0n) is 18.9. The molecule has 0 amide bonds. The van der Waals surface area contributed by atoms with E-state index >= 15 is 0 Å². The fourth-order valence-corrected chi connectivity index (χ4v) is 4.28. The molecule has 1 aromatic carbocycles. The van der Waals surface area contributed by atoms with Crippen molar-refractivity contribution in [3.05, 3.63) is 81.1 Å². The molecule has 0 aliphatic carbocycles. The number of unbranched alkanes of at least 4 members (excludes halogenated alkanes) is 1. The monoisotopic (exact) mass is 450 g/mol. The minimum Gasteiger partial charge on any atom is -0.478 e. The molecule has 1 N–H and O–H groups in total. The summed E-state index contributed by atoms with van der Waals surface area (Å²) in [6.45, 7) is 6.59. The molecule has 0 radical (unpaired) electrons. The Kier molecular flexibility index (Phi) is 8.17. The molecule has 32 heavy (non-hydrogen) atoms. The van der Waals surface area contributed by atoms with E-state index in [1.54, 1.807) is 23.5 Å². The van der Waals surface area contributed by atoms with Gasteiger partial charge in [-0.1, -0.05) is 45.4 Å². The molecule has 0 atom stereocenters. The minimum atomic E-state index is -0.933. The Morgan fingerprint density at radius 1 is 1.19 bits per heavy atom. The van der Waals surface area contributed by atoms with Crippen LogP contribution < -0.4 is 0 Å². The van der Waals surface area contributed by atoms with Crippen LogP contribution in [-0.4, -0.2) is 26.4 Å². The third-order valence-electron chi connectivity index (χ3n) is 5.37. The van der Waals surface area contributed by atoms with Crippen molar-refractivity contribution >= 4 is 29.2 Å². The summed E-state index contributed by atoms with van der Waals surface area (Å²) in [5.41, 5.74) is 2.95. The van der Waals surface area contributed by atoms with Crippen molar-refractivity contribution in [2.24, 2.45) is 5.92 Å². The maximum absolute atomic E-state index is 13.0. The summed E-state index contributed by atoms with van der Waals surface area (Å²) < 4.78 is 2.15. The maximum atomic E-state index is 13.0. The summed E-state index contributed by atoms with van der Waals surface area (Å²) in [5.74, 6) is 0.109. The van der Waals surface area contributed by atoms with Gasteiger partial charge in [-0.3, -0.25) is 4.79 Å². The number of ketones is 1. The van der Waals surface area contributed by atoms with Crippen LogP contribution in [0.5, 0.6) is 0 Å². The SMILES string of the molecule is CCCCc1ncc(/C=C(\Cc2cccs2)C(=O)C(C)C)n1Cc1ccc(C(=O)O)cc1. The normalized spacial score (nSPS) is 11.8. The maximum Gasteiger partial charge on any atom is 0.335 e. The van der Waals surface area contributed by atoms with Crippen LogP contribution in [0.15, 0.2) is 53.5 Å². The molecule has 168 valence electrons. The fraction of sp³-hybridized carbons (Fsp3) is 0.346. The van der Waals surface area contributed by atoms with Crippen molar-refractivity contribution < 1.29 is 14.7 Å². The number of carboxylic acid groups (broad SMARTS) is 1. The number of Topliss-reactive ketones (excluding diaryl/α,β-unsaturated/α-hetero) is 1. The molecule has 0 aliphatic rings. The Morgan fingerprint density at radius 3 is 2.53 bits per heavy atom. The largest absolute Gasteiger partial charge is 0.478 e. The first-order chi connectivity index (χ1) is 15.4. The number of carboxylic acids is 1. The summed E-state index contributed by atoms with van der Waals surface area (Å²) in [5, 5.41) is 11.2. The molecule has 0 saturated carbocycles. The van der Waals surface area contributed by atoms with Crippen molar-refractivity contribution in [2.75, 3.05) is 0 Å². The van der Waals surface area contributed by atoms with Crippen molar-refractivity contribution in [1.82, 2.24) is 9.55 Å². The number of imidazole rings is 1. The van der Waals surface area contributed by atoms with E-state index in [2.05, 4.69) is 22.5 Å². The Balaban J connectivity index is 1.98. The molecule has 0 saturated heterocycles. The van der Waals surface area contributed by atoms with Crippen LogP contribution >= 0.6 is 11.3 Å². The van der Waals surface area contributed by atoms with Gasteiger partial charge in [-0.25, -0.2) is 9.78 Å². The van der Waals surface area contributed by atoms with Crippen LogP contribution in [0, 0.1) is 5.92 Å². The molecule has 0 spiro atoms. The van der Waals surface area contributed by atoms with Crippen LogP contribution in [0.25, 0.3) is 6.08 Å². The topological polar surface area (TPSA) is 72.2 Å². The number of hydrogen-bond donors (Lipinski definition) is 1. The zero-order valence-corrected chi connectivity index (χ0v) is 19.7. The van der Waals surface area contributed by atoms with Gasteiger partial charge < -0.3 is 9.67 Å². The van der Waals surface area contributed by atoms with E-state index in [1.807, 2.05) is 49.7 Å². The van der Waals surface area contributed by atoms with Gasteiger partial charge in [0.2, 0.25) is 0 Å². The number of allylic oxidation sites excluding steroid dienone is 1. The quantitative estimate of drug-likeness (QED) is 0.370. The molecular formula is C26H30N2O3S. The number of aromatic carboxylic acids is 1. The van der Waals surface area contributed by atoms with Crippen molar-refractivity contribution in [2.45, 2.75) is 53.0 Å². The number of nitrogens with zero attached hydrogens (tertiary/aromatic N) is 2. The highest BCUT2D eigenvalue weighted by Gasteiger charge is 2.17. The van der Waals surface area contributed by atoms with Gasteiger partial charge in [-0.05, 0) is 41.6 Å². The molecule has 0 aliphatic heterocycles. The first-order valence-electron chi connectivity index (χ1n) is 11.0. The molecule has 3 rings (SSSR count). The molecule has 2 aromatic heterocycles. The van der Waals surface area contributed by atoms with Gasteiger partial charge in [0.25, 0.3) is 0 Å². The molecule has 5 nitrogen and oxygen atoms in total. The van der Waals surface area contributed by atoms with Gasteiger partial charge in [0.1, 0.15) is 5.82 Å². The van der Waals surface area contributed by atoms with Gasteiger partial charge in [0.05, 0.1) is 17.5 Å². The molecule has 6 heteroatoms. The molecular weight excluding hydrogens is 420 g/mol. The molecule has 0 fully saturated rings. The van der Waals surface area contributed by atoms with E-state index in [4.69, 9.17) is 5.11 Å². The number of thiophene rings is 1. The number of carbonyl (C=O) groups is 2. The van der Waals surface area contributed by atoms with Crippen molar-refractivity contribution in [1.29, 1.82) is 0 Å². The minimum absolute atomic E-state index is 0.0827. The number of aryl methyl sites for hydroxylation is 1. The second-order valence-electron chi connectivity index (χ2n) is 8.24. The van der Waals surface area contributed by atoms with E-state index < -0.39 is 5.97 Å². The summed E-state index contributed by atoms with van der Waals surface area (Å²) in [6, 6.07) is 11.0. The van der Waals surface area contributed by atoms with E-state index in [1.165, 1.54) is 0 Å². The summed E-state index contributed by atoms with van der Waals surface area (Å²) in [4.78, 5) is 30.0. The lowest BCUT2D eigenvalue weighted by molar-refractivity contribution is -0.118. The van der Waals surface area contributed by atoms with Crippen LogP contribution in [0.1, 0.15) is 65.9 Å². The Hall–Kier alpha value is -2.99. The van der Waals surface area contributed by atoms with Gasteiger partial charge in [0.15, 0.2) is 5.78 Å². The van der Waals surface area contributed by atoms with Crippen LogP contribution in [0.3, 0.4) is 0 Å². The van der Waals surface area contributed by atoms with Gasteiger partial charge in [-0.2, -0.15) is 0 Å². The van der Waals surface area contributed by atoms with E-state index in [-0.39, 0.29) is 17.3 Å². The highest BCUT2D eigenvalue weighted by molar-refractivity contribution is 7.09. The van der Waals surface area contributed by atoms with Crippen LogP contribution in [0.4, 0.5) is 0 Å². The zero-order chi connectivity index (χ0) is 23.1. The van der Waals surface area contributed by atoms with E-state index in [9.17, 15) is 9.59 Å². The number of benzene rings is 1. The molecule has 0 bridgehead atoms. The summed E-state index contributed by atoms with van der Waals surface area (Å²) in [6.07, 6.45) is 7.40. The van der Waals surface area contributed by atoms with Gasteiger partial charge in [-0.15, -0.1) is 11.3 Å². The Labute approximate surface area is 193 Å². The molecule has 3 aromatic rings. The summed E-state index contributed by atoms with van der Waals surface area (Å²) >= 11 is 1.65. The van der Waals surface area contributed by atoms with Crippen LogP contribution in [-0.2, 0) is 24.2 Å². The smallest absolute Gasteiger partial charge is 0.335 e. The highest BCUT2D eigenvalue weighted by atomic mass is 32.1. The molecule has 2 heterocycles. The average molecular weight is 451 g/mol. The number of carbonyl (C=O) groups excluding carboxylic acids is 1. The van der Waals surface area contributed by atoms with Crippen LogP contribution in [0.2, 0.25) is 0 Å². The number of aromatic nitrogens is 2. The Bertz CT molecular complexity index is 1080. The standard InChI is InChI=1S/C26H30N2O3S/c1-4-5-8-24-27-16-22(28(24)17-19-9-11-20(12-10-19)26(30)31)14-21(25(29)18(2)3)15-23-7-6-13-32-23/h6-7,9-14,16,18H,4-5,8,15,17H2,1-3H3,(H,30,31)/b21-14+. The predicted octanol–water partition coefficient (Wildman–Crippen LogP) is 5.88. The lowest BCUT2D eigenvalue weighted by atomic mass is 9.97. The second kappa shape index (κ2) is 11.0. The first-order valence-corrected chi connectivity index (χ1v) is 11.9. The van der Waals surface area contributed by atoms with Gasteiger partial charge in [0, 0.05) is 35.8 Å². The third-order valence-corrected chi connectivity index (χ3v) is 6.25.